The molecule has 3 N–H and O–H groups in total. The van der Waals surface area contributed by atoms with Gasteiger partial charge in [-0.1, -0.05) is 18.5 Å². The number of nitrogens with one attached hydrogen (secondary N) is 3. The molecule has 0 spiro atoms. The highest BCUT2D eigenvalue weighted by atomic mass is 35.5. The largest absolute Gasteiger partial charge is 0.371 e. The summed E-state index contributed by atoms with van der Waals surface area (Å²) < 4.78 is 20.9. The van der Waals surface area contributed by atoms with Crippen molar-refractivity contribution in [2.24, 2.45) is 0 Å². The Morgan fingerprint density at radius 1 is 1.37 bits per heavy atom. The molecule has 30 heavy (non-hydrogen) atoms. The van der Waals surface area contributed by atoms with Crippen LogP contribution < -0.4 is 10.2 Å². The van der Waals surface area contributed by atoms with E-state index in [-0.39, 0.29) is 17.6 Å². The third kappa shape index (κ3) is 3.75. The van der Waals surface area contributed by atoms with Crippen molar-refractivity contribution in [2.75, 3.05) is 29.1 Å². The summed E-state index contributed by atoms with van der Waals surface area (Å²) in [7, 11) is -2.88. The highest BCUT2D eigenvalue weighted by Crippen LogP contribution is 2.40. The van der Waals surface area contributed by atoms with E-state index in [1.54, 1.807) is 25.3 Å². The van der Waals surface area contributed by atoms with Crippen LogP contribution in [0.15, 0.2) is 29.3 Å². The van der Waals surface area contributed by atoms with Crippen molar-refractivity contribution < 1.29 is 9.00 Å². The van der Waals surface area contributed by atoms with Crippen LogP contribution >= 0.6 is 11.6 Å². The van der Waals surface area contributed by atoms with Gasteiger partial charge in [-0.05, 0) is 31.0 Å². The molecule has 0 bridgehead atoms. The summed E-state index contributed by atoms with van der Waals surface area (Å²) in [5.41, 5.74) is 2.89. The van der Waals surface area contributed by atoms with E-state index in [1.165, 1.54) is 6.92 Å². The standard InChI is InChI=1S/C20H23ClN6O2S/c1-3-30(22,29)13-6-7-16(27-8-4-5-9-27)14(10-13)18-17(21)15-11-23-20(24-12(2)28)26-19(15)25-18/h6-7,10-11,22H,3-5,8-9H2,1-2H3,(H2,23,24,25,26,28). The van der Waals surface area contributed by atoms with Crippen LogP contribution in [0.25, 0.3) is 22.3 Å². The van der Waals surface area contributed by atoms with E-state index in [1.807, 2.05) is 6.07 Å². The Labute approximate surface area is 180 Å². The molecule has 1 amide bonds. The number of hydrogen-bond acceptors (Lipinski definition) is 6. The maximum Gasteiger partial charge on any atom is 0.231 e. The number of aromatic nitrogens is 3. The number of H-pyrrole nitrogens is 1. The molecular formula is C20H23ClN6O2S. The Balaban J connectivity index is 1.90. The average molecular weight is 447 g/mol. The Morgan fingerprint density at radius 3 is 2.77 bits per heavy atom. The van der Waals surface area contributed by atoms with Crippen molar-refractivity contribution in [3.63, 3.8) is 0 Å². The molecule has 1 saturated heterocycles. The molecule has 1 aromatic carbocycles. The van der Waals surface area contributed by atoms with Gasteiger partial charge in [0.25, 0.3) is 0 Å². The number of hydrogen-bond donors (Lipinski definition) is 3. The summed E-state index contributed by atoms with van der Waals surface area (Å²) in [6.45, 7) is 5.00. The minimum absolute atomic E-state index is 0.188. The Morgan fingerprint density at radius 2 is 2.10 bits per heavy atom. The maximum atomic E-state index is 12.7. The van der Waals surface area contributed by atoms with Gasteiger partial charge in [0.2, 0.25) is 11.9 Å². The van der Waals surface area contributed by atoms with E-state index in [9.17, 15) is 9.00 Å². The number of halogens is 1. The highest BCUT2D eigenvalue weighted by Gasteiger charge is 2.23. The van der Waals surface area contributed by atoms with E-state index >= 15 is 0 Å². The summed E-state index contributed by atoms with van der Waals surface area (Å²) in [6.07, 6.45) is 3.78. The molecule has 1 unspecified atom stereocenters. The number of amides is 1. The highest BCUT2D eigenvalue weighted by molar-refractivity contribution is 7.92. The summed E-state index contributed by atoms with van der Waals surface area (Å²) in [5.74, 6) is 0.163. The van der Waals surface area contributed by atoms with E-state index in [0.29, 0.717) is 26.6 Å². The van der Waals surface area contributed by atoms with Crippen LogP contribution in [0.3, 0.4) is 0 Å². The number of carbonyl (C=O) groups is 1. The first-order valence-corrected chi connectivity index (χ1v) is 11.9. The van der Waals surface area contributed by atoms with Crippen molar-refractivity contribution >= 4 is 49.9 Å². The monoisotopic (exact) mass is 446 g/mol. The summed E-state index contributed by atoms with van der Waals surface area (Å²) in [5, 5.41) is 3.64. The van der Waals surface area contributed by atoms with Crippen molar-refractivity contribution in [1.82, 2.24) is 15.0 Å². The van der Waals surface area contributed by atoms with E-state index in [2.05, 4.69) is 25.2 Å². The Bertz CT molecular complexity index is 1230. The van der Waals surface area contributed by atoms with Crippen molar-refractivity contribution in [1.29, 1.82) is 4.78 Å². The van der Waals surface area contributed by atoms with Crippen molar-refractivity contribution in [3.8, 4) is 11.3 Å². The molecule has 3 heterocycles. The molecule has 1 atom stereocenters. The molecule has 0 aliphatic carbocycles. The molecule has 0 radical (unpaired) electrons. The number of fused-ring (bicyclic) bond motifs is 1. The molecular weight excluding hydrogens is 424 g/mol. The van der Waals surface area contributed by atoms with Gasteiger partial charge >= 0.3 is 0 Å². The van der Waals surface area contributed by atoms with E-state index in [0.717, 1.165) is 37.2 Å². The predicted molar refractivity (Wildman–Crippen MR) is 120 cm³/mol. The lowest BCUT2D eigenvalue weighted by molar-refractivity contribution is -0.114. The zero-order chi connectivity index (χ0) is 21.5. The fourth-order valence-electron chi connectivity index (χ4n) is 3.67. The Kier molecular flexibility index (Phi) is 5.42. The first-order chi connectivity index (χ1) is 14.3. The second kappa shape index (κ2) is 7.88. The van der Waals surface area contributed by atoms with Crippen molar-refractivity contribution in [2.45, 2.75) is 31.6 Å². The first-order valence-electron chi connectivity index (χ1n) is 9.78. The molecule has 1 aliphatic rings. The van der Waals surface area contributed by atoms with Gasteiger partial charge in [0.1, 0.15) is 5.65 Å². The lowest BCUT2D eigenvalue weighted by Crippen LogP contribution is -2.18. The SMILES string of the molecule is CCS(=N)(=O)c1ccc(N2CCCC2)c(-c2[nH]c3nc(NC(C)=O)ncc3c2Cl)c1. The molecule has 1 fully saturated rings. The van der Waals surface area contributed by atoms with Gasteiger partial charge < -0.3 is 9.88 Å². The van der Waals surface area contributed by atoms with Gasteiger partial charge in [-0.2, -0.15) is 4.98 Å². The first kappa shape index (κ1) is 20.6. The van der Waals surface area contributed by atoms with E-state index < -0.39 is 9.73 Å². The maximum absolute atomic E-state index is 12.7. The minimum atomic E-state index is -2.88. The van der Waals surface area contributed by atoms with Gasteiger partial charge in [-0.3, -0.25) is 10.1 Å². The minimum Gasteiger partial charge on any atom is -0.371 e. The third-order valence-electron chi connectivity index (χ3n) is 5.25. The zero-order valence-electron chi connectivity index (χ0n) is 16.8. The van der Waals surface area contributed by atoms with Crippen LogP contribution in [0.5, 0.6) is 0 Å². The third-order valence-corrected chi connectivity index (χ3v) is 7.47. The van der Waals surface area contributed by atoms with Gasteiger partial charge in [0.15, 0.2) is 0 Å². The molecule has 0 saturated carbocycles. The summed E-state index contributed by atoms with van der Waals surface area (Å²) >= 11 is 6.69. The number of aromatic amines is 1. The second-order valence-electron chi connectivity index (χ2n) is 7.29. The average Bonchev–Trinajstić information content (AvgIpc) is 3.35. The molecule has 10 heteroatoms. The van der Waals surface area contributed by atoms with Crippen LogP contribution in [-0.2, 0) is 14.5 Å². The smallest absolute Gasteiger partial charge is 0.231 e. The molecule has 1 aliphatic heterocycles. The lowest BCUT2D eigenvalue weighted by atomic mass is 10.1. The van der Waals surface area contributed by atoms with Gasteiger partial charge in [0, 0.05) is 48.1 Å². The summed E-state index contributed by atoms with van der Waals surface area (Å²) in [4.78, 5) is 25.8. The van der Waals surface area contributed by atoms with Crippen molar-refractivity contribution in [3.05, 3.63) is 29.4 Å². The number of carbonyl (C=O) groups excluding carboxylic acids is 1. The molecule has 158 valence electrons. The molecule has 4 rings (SSSR count). The molecule has 2 aromatic heterocycles. The predicted octanol–water partition coefficient (Wildman–Crippen LogP) is 4.26. The van der Waals surface area contributed by atoms with Crippen LogP contribution in [0.2, 0.25) is 5.02 Å². The quantitative estimate of drug-likeness (QED) is 0.541. The van der Waals surface area contributed by atoms with Crippen LogP contribution in [0.1, 0.15) is 26.7 Å². The normalized spacial score (nSPS) is 16.0. The number of benzene rings is 1. The van der Waals surface area contributed by atoms with E-state index in [4.69, 9.17) is 16.4 Å². The van der Waals surface area contributed by atoms with Gasteiger partial charge in [-0.15, -0.1) is 0 Å². The second-order valence-corrected chi connectivity index (χ2v) is 10.1. The van der Waals surface area contributed by atoms with Crippen LogP contribution in [0, 0.1) is 4.78 Å². The number of anilines is 2. The molecule has 3 aromatic rings. The topological polar surface area (TPSA) is 115 Å². The fraction of sp³-hybridized carbons (Fsp3) is 0.350. The number of rotatable bonds is 5. The van der Waals surface area contributed by atoms with Gasteiger partial charge in [0.05, 0.1) is 25.8 Å². The van der Waals surface area contributed by atoms with Gasteiger partial charge in [-0.25, -0.2) is 14.0 Å². The fourth-order valence-corrected chi connectivity index (χ4v) is 4.89. The lowest BCUT2D eigenvalue weighted by Gasteiger charge is -2.22. The van der Waals surface area contributed by atoms with Crippen LogP contribution in [0.4, 0.5) is 11.6 Å². The summed E-state index contributed by atoms with van der Waals surface area (Å²) in [6, 6.07) is 5.50. The molecule has 8 nitrogen and oxygen atoms in total. The number of nitrogens with zero attached hydrogens (tertiary/aromatic N) is 3. The zero-order valence-corrected chi connectivity index (χ0v) is 18.4. The van der Waals surface area contributed by atoms with Crippen LogP contribution in [-0.4, -0.2) is 43.9 Å². The Hall–Kier alpha value is -2.65.